The van der Waals surface area contributed by atoms with E-state index in [1.807, 2.05) is 22.8 Å². The smallest absolute Gasteiger partial charge is 0.378 e. The monoisotopic (exact) mass is 510 g/mol. The fourth-order valence-electron chi connectivity index (χ4n) is 3.96. The summed E-state index contributed by atoms with van der Waals surface area (Å²) in [5, 5.41) is 5.18. The Balaban J connectivity index is 1.65. The number of rotatable bonds is 7. The number of nitrogens with zero attached hydrogens (tertiary/aromatic N) is 2. The van der Waals surface area contributed by atoms with Gasteiger partial charge in [-0.25, -0.2) is 23.3 Å². The number of nitrogens with two attached hydrogens (primary N) is 1. The number of carbonyl (C=O) groups is 1. The normalized spacial score (nSPS) is 12.0. The fourth-order valence-corrected chi connectivity index (χ4v) is 5.65. The number of pyridine rings is 1. The molecular weight excluding hydrogens is 482 g/mol. The van der Waals surface area contributed by atoms with Crippen LogP contribution in [-0.2, 0) is 21.4 Å². The summed E-state index contributed by atoms with van der Waals surface area (Å²) in [5.74, 6) is 0.288. The third kappa shape index (κ3) is 5.58. The first-order valence-corrected chi connectivity index (χ1v) is 13.7. The molecule has 2 heterocycles. The van der Waals surface area contributed by atoms with Crippen molar-refractivity contribution in [2.24, 2.45) is 5.14 Å². The Morgan fingerprint density at radius 2 is 1.60 bits per heavy atom. The maximum absolute atomic E-state index is 13.0. The Hall–Kier alpha value is -3.14. The summed E-state index contributed by atoms with van der Waals surface area (Å²) in [7, 11) is -3.89. The maximum Gasteiger partial charge on any atom is 0.378 e. The average Bonchev–Trinajstić information content (AvgIpc) is 3.23. The van der Waals surface area contributed by atoms with Crippen LogP contribution in [-0.4, -0.2) is 19.4 Å². The predicted octanol–water partition coefficient (Wildman–Crippen LogP) is 4.75. The highest BCUT2D eigenvalue weighted by Crippen LogP contribution is 2.29. The fraction of sp³-hybridized carbons (Fsp3) is 0.269. The summed E-state index contributed by atoms with van der Waals surface area (Å²) in [6, 6.07) is 19.3. The topological polar surface area (TPSA) is 103 Å². The van der Waals surface area contributed by atoms with Crippen LogP contribution in [0.3, 0.4) is 0 Å². The Kier molecular flexibility index (Phi) is 7.02. The minimum Gasteiger partial charge on any atom is -0.422 e. The number of aromatic nitrogens is 2. The van der Waals surface area contributed by atoms with E-state index >= 15 is 0 Å². The van der Waals surface area contributed by atoms with Gasteiger partial charge < -0.3 is 4.74 Å². The first-order chi connectivity index (χ1) is 16.5. The molecule has 0 aliphatic carbocycles. The molecule has 2 aromatic carbocycles. The zero-order valence-electron chi connectivity index (χ0n) is 20.1. The SMILES string of the molecule is CC(C)c1cc(-c2ccccc2)cc(C(C)C)[n+]1CC(=O)Oc1ccc2nc(S(N)(=O)=O)sc2c1. The molecule has 2 aromatic heterocycles. The molecule has 182 valence electrons. The van der Waals surface area contributed by atoms with Crippen molar-refractivity contribution in [2.75, 3.05) is 0 Å². The molecule has 4 rings (SSSR count). The van der Waals surface area contributed by atoms with Crippen LogP contribution in [0.1, 0.15) is 50.9 Å². The van der Waals surface area contributed by atoms with Gasteiger partial charge >= 0.3 is 5.97 Å². The second-order valence-electron chi connectivity index (χ2n) is 8.98. The number of hydrogen-bond donors (Lipinski definition) is 1. The first-order valence-electron chi connectivity index (χ1n) is 11.3. The van der Waals surface area contributed by atoms with Crippen LogP contribution in [0.2, 0.25) is 0 Å². The van der Waals surface area contributed by atoms with Gasteiger partial charge in [-0.1, -0.05) is 58.0 Å². The van der Waals surface area contributed by atoms with E-state index in [2.05, 4.69) is 56.9 Å². The van der Waals surface area contributed by atoms with Crippen LogP contribution in [0.15, 0.2) is 65.0 Å². The summed E-state index contributed by atoms with van der Waals surface area (Å²) < 4.78 is 31.3. The summed E-state index contributed by atoms with van der Waals surface area (Å²) in [4.78, 5) is 17.0. The third-order valence-corrected chi connectivity index (χ3v) is 7.96. The highest BCUT2D eigenvalue weighted by atomic mass is 32.2. The van der Waals surface area contributed by atoms with E-state index in [-0.39, 0.29) is 22.7 Å². The molecule has 0 amide bonds. The van der Waals surface area contributed by atoms with E-state index < -0.39 is 16.0 Å². The van der Waals surface area contributed by atoms with Gasteiger partial charge in [-0.15, -0.1) is 11.3 Å². The minimum absolute atomic E-state index is 0.0548. The molecule has 0 fully saturated rings. The molecule has 0 atom stereocenters. The zero-order valence-corrected chi connectivity index (χ0v) is 21.7. The number of thiazole rings is 1. The van der Waals surface area contributed by atoms with Crippen LogP contribution in [0.5, 0.6) is 5.75 Å². The van der Waals surface area contributed by atoms with Crippen molar-refractivity contribution < 1.29 is 22.5 Å². The van der Waals surface area contributed by atoms with Crippen LogP contribution < -0.4 is 14.4 Å². The van der Waals surface area contributed by atoms with E-state index in [4.69, 9.17) is 9.88 Å². The van der Waals surface area contributed by atoms with E-state index in [1.165, 1.54) is 0 Å². The van der Waals surface area contributed by atoms with Crippen LogP contribution in [0.25, 0.3) is 21.3 Å². The Labute approximate surface area is 209 Å². The molecule has 4 aromatic rings. The zero-order chi connectivity index (χ0) is 25.3. The van der Waals surface area contributed by atoms with Gasteiger partial charge in [-0.2, -0.15) is 4.57 Å². The van der Waals surface area contributed by atoms with Crippen molar-refractivity contribution in [2.45, 2.75) is 50.4 Å². The van der Waals surface area contributed by atoms with Crippen molar-refractivity contribution in [3.8, 4) is 16.9 Å². The molecule has 7 nitrogen and oxygen atoms in total. The van der Waals surface area contributed by atoms with Gasteiger partial charge in [-0.05, 0) is 23.3 Å². The molecule has 35 heavy (non-hydrogen) atoms. The van der Waals surface area contributed by atoms with Gasteiger partial charge in [0, 0.05) is 30.0 Å². The number of fused-ring (bicyclic) bond motifs is 1. The van der Waals surface area contributed by atoms with Gasteiger partial charge in [0.05, 0.1) is 10.2 Å². The number of ether oxygens (including phenoxy) is 1. The number of hydrogen-bond acceptors (Lipinski definition) is 6. The highest BCUT2D eigenvalue weighted by Gasteiger charge is 2.27. The maximum atomic E-state index is 13.0. The average molecular weight is 511 g/mol. The van der Waals surface area contributed by atoms with Crippen molar-refractivity contribution in [3.63, 3.8) is 0 Å². The lowest BCUT2D eigenvalue weighted by Crippen LogP contribution is -2.47. The van der Waals surface area contributed by atoms with Crippen molar-refractivity contribution >= 4 is 37.5 Å². The molecular formula is C26H28N3O4S2+. The molecule has 0 saturated carbocycles. The number of sulfonamides is 1. The van der Waals surface area contributed by atoms with E-state index in [0.717, 1.165) is 33.9 Å². The largest absolute Gasteiger partial charge is 0.422 e. The molecule has 2 N–H and O–H groups in total. The first kappa shape index (κ1) is 25.0. The predicted molar refractivity (Wildman–Crippen MR) is 137 cm³/mol. The second-order valence-corrected chi connectivity index (χ2v) is 11.7. The molecule has 0 radical (unpaired) electrons. The summed E-state index contributed by atoms with van der Waals surface area (Å²) in [5.41, 5.74) is 4.81. The van der Waals surface area contributed by atoms with Crippen molar-refractivity contribution in [1.29, 1.82) is 0 Å². The van der Waals surface area contributed by atoms with Gasteiger partial charge in [0.1, 0.15) is 5.75 Å². The summed E-state index contributed by atoms with van der Waals surface area (Å²) in [6.45, 7) is 8.49. The molecule has 0 spiro atoms. The second kappa shape index (κ2) is 9.85. The van der Waals surface area contributed by atoms with E-state index in [9.17, 15) is 13.2 Å². The number of primary sulfonamides is 1. The molecule has 0 unspecified atom stereocenters. The third-order valence-electron chi connectivity index (χ3n) is 5.62. The van der Waals surface area contributed by atoms with Crippen molar-refractivity contribution in [3.05, 3.63) is 72.1 Å². The van der Waals surface area contributed by atoms with Crippen LogP contribution in [0.4, 0.5) is 0 Å². The standard InChI is InChI=1S/C26H28N3O4S2/c1-16(2)22-12-19(18-8-6-5-7-9-18)13-23(17(3)4)29(22)15-25(30)33-20-10-11-21-24(14-20)34-26(28-21)35(27,31)32/h5-14,16-17H,15H2,1-4H3,(H2,27,31,32)/q+1. The van der Waals surface area contributed by atoms with E-state index in [1.54, 1.807) is 18.2 Å². The quantitative estimate of drug-likeness (QED) is 0.220. The number of benzene rings is 2. The minimum atomic E-state index is -3.89. The van der Waals surface area contributed by atoms with Gasteiger partial charge in [0.25, 0.3) is 10.0 Å². The Morgan fingerprint density at radius 1 is 0.971 bits per heavy atom. The van der Waals surface area contributed by atoms with Crippen molar-refractivity contribution in [1.82, 2.24) is 4.98 Å². The molecule has 0 aliphatic rings. The molecule has 0 bridgehead atoms. The molecule has 9 heteroatoms. The molecule has 0 saturated heterocycles. The lowest BCUT2D eigenvalue weighted by molar-refractivity contribution is -0.702. The summed E-state index contributed by atoms with van der Waals surface area (Å²) in [6.07, 6.45) is 0. The van der Waals surface area contributed by atoms with Gasteiger partial charge in [-0.3, -0.25) is 0 Å². The number of esters is 1. The summed E-state index contributed by atoms with van der Waals surface area (Å²) >= 11 is 0.941. The Morgan fingerprint density at radius 3 is 2.17 bits per heavy atom. The van der Waals surface area contributed by atoms with Crippen LogP contribution >= 0.6 is 11.3 Å². The highest BCUT2D eigenvalue weighted by molar-refractivity contribution is 7.91. The van der Waals surface area contributed by atoms with Crippen LogP contribution in [0, 0.1) is 0 Å². The molecule has 0 aliphatic heterocycles. The lowest BCUT2D eigenvalue weighted by Gasteiger charge is -2.15. The van der Waals surface area contributed by atoms with Gasteiger partial charge in [0.15, 0.2) is 11.4 Å². The Bertz CT molecular complexity index is 1460. The lowest BCUT2D eigenvalue weighted by atomic mass is 9.97. The number of carbonyl (C=O) groups excluding carboxylic acids is 1. The van der Waals surface area contributed by atoms with E-state index in [0.29, 0.717) is 16.0 Å². The van der Waals surface area contributed by atoms with Gasteiger partial charge in [0.2, 0.25) is 10.9 Å².